The standard InChI is InChI=1S/C15H15BrN2O2S/c1-2-17-14(19)11-5-3-10(4-6-11)8-18-15(20)12-7-13(16)21-9-12/h3-7,9H,2,8H2,1H3,(H,17,19)(H,18,20). The summed E-state index contributed by atoms with van der Waals surface area (Å²) in [5.41, 5.74) is 2.21. The zero-order chi connectivity index (χ0) is 15.2. The van der Waals surface area contributed by atoms with Gasteiger partial charge in [-0.3, -0.25) is 9.59 Å². The minimum Gasteiger partial charge on any atom is -0.352 e. The zero-order valence-corrected chi connectivity index (χ0v) is 13.9. The van der Waals surface area contributed by atoms with Crippen molar-refractivity contribution in [2.45, 2.75) is 13.5 Å². The quantitative estimate of drug-likeness (QED) is 0.853. The molecule has 0 unspecified atom stereocenters. The normalized spacial score (nSPS) is 10.2. The fraction of sp³-hybridized carbons (Fsp3) is 0.200. The van der Waals surface area contributed by atoms with Gasteiger partial charge in [0.2, 0.25) is 0 Å². The van der Waals surface area contributed by atoms with E-state index in [1.807, 2.05) is 19.1 Å². The lowest BCUT2D eigenvalue weighted by molar-refractivity contribution is 0.0944. The molecule has 0 saturated heterocycles. The number of hydrogen-bond acceptors (Lipinski definition) is 3. The number of halogens is 1. The van der Waals surface area contributed by atoms with E-state index >= 15 is 0 Å². The molecule has 0 radical (unpaired) electrons. The molecule has 1 aromatic carbocycles. The summed E-state index contributed by atoms with van der Waals surface area (Å²) in [6.07, 6.45) is 0. The van der Waals surface area contributed by atoms with Crippen molar-refractivity contribution in [1.82, 2.24) is 10.6 Å². The summed E-state index contributed by atoms with van der Waals surface area (Å²) in [6, 6.07) is 8.99. The van der Waals surface area contributed by atoms with Gasteiger partial charge in [0.1, 0.15) is 0 Å². The highest BCUT2D eigenvalue weighted by Crippen LogP contribution is 2.20. The van der Waals surface area contributed by atoms with Gasteiger partial charge in [0.05, 0.1) is 9.35 Å². The fourth-order valence-electron chi connectivity index (χ4n) is 1.75. The summed E-state index contributed by atoms with van der Waals surface area (Å²) >= 11 is 4.81. The van der Waals surface area contributed by atoms with Gasteiger partial charge in [-0.2, -0.15) is 0 Å². The number of carbonyl (C=O) groups excluding carboxylic acids is 2. The van der Waals surface area contributed by atoms with Gasteiger partial charge in [0.15, 0.2) is 0 Å². The third kappa shape index (κ3) is 4.41. The van der Waals surface area contributed by atoms with E-state index in [-0.39, 0.29) is 11.8 Å². The second-order valence-corrected chi connectivity index (χ2v) is 6.67. The Balaban J connectivity index is 1.92. The first-order valence-electron chi connectivity index (χ1n) is 6.49. The largest absolute Gasteiger partial charge is 0.352 e. The van der Waals surface area contributed by atoms with E-state index in [1.54, 1.807) is 23.6 Å². The predicted molar refractivity (Wildman–Crippen MR) is 87.6 cm³/mol. The number of thiophene rings is 1. The number of hydrogen-bond donors (Lipinski definition) is 2. The number of nitrogens with one attached hydrogen (secondary N) is 2. The van der Waals surface area contributed by atoms with Gasteiger partial charge in [-0.1, -0.05) is 12.1 Å². The lowest BCUT2D eigenvalue weighted by Gasteiger charge is -2.06. The van der Waals surface area contributed by atoms with Gasteiger partial charge < -0.3 is 10.6 Å². The van der Waals surface area contributed by atoms with Gasteiger partial charge in [-0.25, -0.2) is 0 Å². The van der Waals surface area contributed by atoms with Crippen molar-refractivity contribution in [3.63, 3.8) is 0 Å². The second-order valence-electron chi connectivity index (χ2n) is 4.38. The van der Waals surface area contributed by atoms with E-state index < -0.39 is 0 Å². The van der Waals surface area contributed by atoms with E-state index in [4.69, 9.17) is 0 Å². The molecule has 2 N–H and O–H groups in total. The van der Waals surface area contributed by atoms with Crippen LogP contribution >= 0.6 is 27.3 Å². The Bertz CT molecular complexity index is 637. The molecule has 2 rings (SSSR count). The predicted octanol–water partition coefficient (Wildman–Crippen LogP) is 3.19. The van der Waals surface area contributed by atoms with E-state index in [0.29, 0.717) is 24.2 Å². The zero-order valence-electron chi connectivity index (χ0n) is 11.5. The van der Waals surface area contributed by atoms with Crippen LogP contribution in [-0.4, -0.2) is 18.4 Å². The molecule has 0 aliphatic carbocycles. The molecule has 0 saturated carbocycles. The maximum absolute atomic E-state index is 11.9. The summed E-state index contributed by atoms with van der Waals surface area (Å²) < 4.78 is 0.930. The third-order valence-electron chi connectivity index (χ3n) is 2.84. The van der Waals surface area contributed by atoms with E-state index in [2.05, 4.69) is 26.6 Å². The molecule has 2 aromatic rings. The Morgan fingerprint density at radius 1 is 1.10 bits per heavy atom. The molecular weight excluding hydrogens is 352 g/mol. The maximum Gasteiger partial charge on any atom is 0.252 e. The fourth-order valence-corrected chi connectivity index (χ4v) is 2.89. The molecule has 0 bridgehead atoms. The molecule has 0 spiro atoms. The Kier molecular flexibility index (Phi) is 5.52. The molecule has 2 amide bonds. The average molecular weight is 367 g/mol. The molecule has 0 atom stereocenters. The average Bonchev–Trinajstić information content (AvgIpc) is 2.92. The Hall–Kier alpha value is -1.66. The molecule has 6 heteroatoms. The first-order valence-corrected chi connectivity index (χ1v) is 8.16. The lowest BCUT2D eigenvalue weighted by Crippen LogP contribution is -2.23. The van der Waals surface area contributed by atoms with Crippen LogP contribution in [0.25, 0.3) is 0 Å². The maximum atomic E-state index is 11.9. The van der Waals surface area contributed by atoms with Crippen LogP contribution in [0.4, 0.5) is 0 Å². The summed E-state index contributed by atoms with van der Waals surface area (Å²) in [7, 11) is 0. The molecular formula is C15H15BrN2O2S. The monoisotopic (exact) mass is 366 g/mol. The smallest absolute Gasteiger partial charge is 0.252 e. The van der Waals surface area contributed by atoms with Crippen molar-refractivity contribution >= 4 is 39.1 Å². The molecule has 1 aromatic heterocycles. The molecule has 0 fully saturated rings. The van der Waals surface area contributed by atoms with E-state index in [9.17, 15) is 9.59 Å². The van der Waals surface area contributed by atoms with Crippen LogP contribution in [-0.2, 0) is 6.54 Å². The highest BCUT2D eigenvalue weighted by molar-refractivity contribution is 9.11. The van der Waals surface area contributed by atoms with Crippen LogP contribution in [0.15, 0.2) is 39.5 Å². The van der Waals surface area contributed by atoms with Gasteiger partial charge in [0.25, 0.3) is 11.8 Å². The van der Waals surface area contributed by atoms with E-state index in [1.165, 1.54) is 11.3 Å². The summed E-state index contributed by atoms with van der Waals surface area (Å²) in [5.74, 6) is -0.194. The summed E-state index contributed by atoms with van der Waals surface area (Å²) in [5, 5.41) is 7.40. The van der Waals surface area contributed by atoms with Gasteiger partial charge in [-0.15, -0.1) is 11.3 Å². The van der Waals surface area contributed by atoms with Crippen LogP contribution in [0.3, 0.4) is 0 Å². The number of benzene rings is 1. The minimum absolute atomic E-state index is 0.0868. The summed E-state index contributed by atoms with van der Waals surface area (Å²) in [4.78, 5) is 23.5. The van der Waals surface area contributed by atoms with Gasteiger partial charge >= 0.3 is 0 Å². The van der Waals surface area contributed by atoms with Crippen molar-refractivity contribution in [2.75, 3.05) is 6.54 Å². The first kappa shape index (κ1) is 15.7. The van der Waals surface area contributed by atoms with Crippen LogP contribution in [0, 0.1) is 0 Å². The Morgan fingerprint density at radius 3 is 2.33 bits per heavy atom. The molecule has 110 valence electrons. The highest BCUT2D eigenvalue weighted by Gasteiger charge is 2.08. The SMILES string of the molecule is CCNC(=O)c1ccc(CNC(=O)c2csc(Br)c2)cc1. The van der Waals surface area contributed by atoms with Crippen molar-refractivity contribution in [3.8, 4) is 0 Å². The highest BCUT2D eigenvalue weighted by atomic mass is 79.9. The van der Waals surface area contributed by atoms with Gasteiger partial charge in [-0.05, 0) is 46.6 Å². The van der Waals surface area contributed by atoms with Crippen molar-refractivity contribution in [1.29, 1.82) is 0 Å². The molecule has 1 heterocycles. The minimum atomic E-state index is -0.107. The number of rotatable bonds is 5. The first-order chi connectivity index (χ1) is 10.1. The second kappa shape index (κ2) is 7.38. The third-order valence-corrected chi connectivity index (χ3v) is 4.34. The van der Waals surface area contributed by atoms with E-state index in [0.717, 1.165) is 9.35 Å². The van der Waals surface area contributed by atoms with Crippen molar-refractivity contribution in [2.24, 2.45) is 0 Å². The lowest BCUT2D eigenvalue weighted by atomic mass is 10.1. The Labute approximate surface area is 135 Å². The number of carbonyl (C=O) groups is 2. The Morgan fingerprint density at radius 2 is 1.76 bits per heavy atom. The van der Waals surface area contributed by atoms with Crippen LogP contribution in [0.2, 0.25) is 0 Å². The van der Waals surface area contributed by atoms with Crippen LogP contribution in [0.1, 0.15) is 33.2 Å². The molecule has 4 nitrogen and oxygen atoms in total. The van der Waals surface area contributed by atoms with Gasteiger partial charge in [0, 0.05) is 24.0 Å². The number of amides is 2. The molecule has 21 heavy (non-hydrogen) atoms. The summed E-state index contributed by atoms with van der Waals surface area (Å²) in [6.45, 7) is 2.92. The molecule has 0 aliphatic rings. The molecule has 0 aliphatic heterocycles. The van der Waals surface area contributed by atoms with Crippen molar-refractivity contribution < 1.29 is 9.59 Å². The van der Waals surface area contributed by atoms with Crippen molar-refractivity contribution in [3.05, 3.63) is 56.2 Å². The van der Waals surface area contributed by atoms with Crippen LogP contribution in [0.5, 0.6) is 0 Å². The van der Waals surface area contributed by atoms with Crippen LogP contribution < -0.4 is 10.6 Å². The topological polar surface area (TPSA) is 58.2 Å².